The Labute approximate surface area is 94.4 Å². The minimum Gasteiger partial charge on any atom is -0.497 e. The van der Waals surface area contributed by atoms with E-state index in [4.69, 9.17) is 9.84 Å². The van der Waals surface area contributed by atoms with Crippen LogP contribution in [0.1, 0.15) is 6.42 Å². The second-order valence-corrected chi connectivity index (χ2v) is 4.10. The highest BCUT2D eigenvalue weighted by atomic mass is 19.1. The van der Waals surface area contributed by atoms with E-state index < -0.39 is 0 Å². The summed E-state index contributed by atoms with van der Waals surface area (Å²) in [5.41, 5.74) is 0.565. The van der Waals surface area contributed by atoms with E-state index in [0.29, 0.717) is 18.0 Å². The summed E-state index contributed by atoms with van der Waals surface area (Å²) in [4.78, 5) is 1.96. The summed E-state index contributed by atoms with van der Waals surface area (Å²) in [5.74, 6) is 0.675. The molecule has 1 aromatic carbocycles. The zero-order valence-electron chi connectivity index (χ0n) is 9.32. The number of ether oxygens (including phenoxy) is 1. The van der Waals surface area contributed by atoms with Gasteiger partial charge in [0, 0.05) is 31.7 Å². The molecule has 1 atom stereocenters. The highest BCUT2D eigenvalue weighted by molar-refractivity contribution is 5.52. The van der Waals surface area contributed by atoms with Gasteiger partial charge < -0.3 is 14.7 Å². The summed E-state index contributed by atoms with van der Waals surface area (Å²) < 4.78 is 18.7. The molecule has 1 saturated heterocycles. The largest absolute Gasteiger partial charge is 0.497 e. The topological polar surface area (TPSA) is 32.7 Å². The third kappa shape index (κ3) is 2.11. The second kappa shape index (κ2) is 4.70. The van der Waals surface area contributed by atoms with Crippen LogP contribution in [-0.2, 0) is 0 Å². The van der Waals surface area contributed by atoms with Crippen LogP contribution in [0, 0.1) is 11.7 Å². The van der Waals surface area contributed by atoms with Gasteiger partial charge in [-0.2, -0.15) is 0 Å². The van der Waals surface area contributed by atoms with E-state index in [1.165, 1.54) is 6.07 Å². The highest BCUT2D eigenvalue weighted by Crippen LogP contribution is 2.29. The average molecular weight is 225 g/mol. The molecule has 4 heteroatoms. The fourth-order valence-electron chi connectivity index (χ4n) is 2.06. The van der Waals surface area contributed by atoms with Gasteiger partial charge in [0.1, 0.15) is 11.6 Å². The molecule has 0 bridgehead atoms. The first-order chi connectivity index (χ1) is 7.74. The molecule has 0 spiro atoms. The number of nitrogens with zero attached hydrogens (tertiary/aromatic N) is 1. The molecule has 2 rings (SSSR count). The molecule has 3 nitrogen and oxygen atoms in total. The number of anilines is 1. The molecular formula is C12H16FNO2. The molecule has 1 aromatic rings. The average Bonchev–Trinajstić information content (AvgIpc) is 2.78. The van der Waals surface area contributed by atoms with Gasteiger partial charge >= 0.3 is 0 Å². The first-order valence-electron chi connectivity index (χ1n) is 5.44. The maximum Gasteiger partial charge on any atom is 0.146 e. The van der Waals surface area contributed by atoms with Gasteiger partial charge in [-0.25, -0.2) is 4.39 Å². The number of halogens is 1. The minimum absolute atomic E-state index is 0.169. The van der Waals surface area contributed by atoms with E-state index >= 15 is 0 Å². The number of methoxy groups -OCH3 is 1. The van der Waals surface area contributed by atoms with Crippen LogP contribution < -0.4 is 9.64 Å². The molecule has 88 valence electrons. The molecular weight excluding hydrogens is 209 g/mol. The van der Waals surface area contributed by atoms with Gasteiger partial charge in [0.15, 0.2) is 0 Å². The lowest BCUT2D eigenvalue weighted by Crippen LogP contribution is -2.21. The summed E-state index contributed by atoms with van der Waals surface area (Å²) in [6.45, 7) is 1.66. The predicted octanol–water partition coefficient (Wildman–Crippen LogP) is 1.65. The Kier molecular flexibility index (Phi) is 3.29. The fraction of sp³-hybridized carbons (Fsp3) is 0.500. The molecule has 1 heterocycles. The van der Waals surface area contributed by atoms with E-state index in [0.717, 1.165) is 13.0 Å². The van der Waals surface area contributed by atoms with Crippen LogP contribution in [0.2, 0.25) is 0 Å². The van der Waals surface area contributed by atoms with Crippen molar-refractivity contribution in [2.75, 3.05) is 31.7 Å². The zero-order chi connectivity index (χ0) is 11.5. The Morgan fingerprint density at radius 2 is 2.38 bits per heavy atom. The number of aliphatic hydroxyl groups excluding tert-OH is 1. The van der Waals surface area contributed by atoms with E-state index in [2.05, 4.69) is 0 Å². The van der Waals surface area contributed by atoms with Crippen molar-refractivity contribution in [3.63, 3.8) is 0 Å². The van der Waals surface area contributed by atoms with Gasteiger partial charge in [0.05, 0.1) is 12.8 Å². The van der Waals surface area contributed by atoms with Crippen molar-refractivity contribution in [1.82, 2.24) is 0 Å². The van der Waals surface area contributed by atoms with E-state index in [1.54, 1.807) is 19.2 Å². The van der Waals surface area contributed by atoms with Gasteiger partial charge in [0.25, 0.3) is 0 Å². The second-order valence-electron chi connectivity index (χ2n) is 4.10. The molecule has 1 aliphatic rings. The van der Waals surface area contributed by atoms with Crippen molar-refractivity contribution in [1.29, 1.82) is 0 Å². The molecule has 0 saturated carbocycles. The van der Waals surface area contributed by atoms with E-state index in [1.807, 2.05) is 4.90 Å². The van der Waals surface area contributed by atoms with Crippen LogP contribution in [0.15, 0.2) is 18.2 Å². The third-order valence-electron chi connectivity index (χ3n) is 3.04. The van der Waals surface area contributed by atoms with Crippen LogP contribution in [0.4, 0.5) is 10.1 Å². The molecule has 16 heavy (non-hydrogen) atoms. The van der Waals surface area contributed by atoms with Gasteiger partial charge in [-0.15, -0.1) is 0 Å². The number of rotatable bonds is 3. The lowest BCUT2D eigenvalue weighted by Gasteiger charge is -2.19. The highest BCUT2D eigenvalue weighted by Gasteiger charge is 2.24. The lowest BCUT2D eigenvalue weighted by molar-refractivity contribution is 0.238. The van der Waals surface area contributed by atoms with E-state index in [9.17, 15) is 4.39 Å². The molecule has 1 unspecified atom stereocenters. The Balaban J connectivity index is 2.20. The van der Waals surface area contributed by atoms with Crippen molar-refractivity contribution in [3.8, 4) is 5.75 Å². The quantitative estimate of drug-likeness (QED) is 0.849. The van der Waals surface area contributed by atoms with Gasteiger partial charge in [0.2, 0.25) is 0 Å². The van der Waals surface area contributed by atoms with Crippen molar-refractivity contribution in [2.45, 2.75) is 6.42 Å². The summed E-state index contributed by atoms with van der Waals surface area (Å²) in [6.07, 6.45) is 0.910. The normalized spacial score (nSPS) is 20.2. The summed E-state index contributed by atoms with van der Waals surface area (Å²) in [6, 6.07) is 4.73. The Hall–Kier alpha value is -1.29. The lowest BCUT2D eigenvalue weighted by atomic mass is 10.1. The monoisotopic (exact) mass is 225 g/mol. The number of hydrogen-bond acceptors (Lipinski definition) is 3. The Morgan fingerprint density at radius 1 is 1.56 bits per heavy atom. The van der Waals surface area contributed by atoms with Crippen LogP contribution in [0.25, 0.3) is 0 Å². The SMILES string of the molecule is COc1ccc(F)c(N2CCC(CO)C2)c1. The smallest absolute Gasteiger partial charge is 0.146 e. The summed E-state index contributed by atoms with van der Waals surface area (Å²) >= 11 is 0. The summed E-state index contributed by atoms with van der Waals surface area (Å²) in [7, 11) is 1.57. The molecule has 1 fully saturated rings. The number of benzene rings is 1. The molecule has 0 radical (unpaired) electrons. The zero-order valence-corrected chi connectivity index (χ0v) is 9.32. The van der Waals surface area contributed by atoms with Crippen molar-refractivity contribution in [2.24, 2.45) is 5.92 Å². The fourth-order valence-corrected chi connectivity index (χ4v) is 2.06. The van der Waals surface area contributed by atoms with Gasteiger partial charge in [-0.05, 0) is 18.6 Å². The molecule has 1 aliphatic heterocycles. The van der Waals surface area contributed by atoms with Crippen LogP contribution >= 0.6 is 0 Å². The number of aliphatic hydroxyl groups is 1. The van der Waals surface area contributed by atoms with Crippen molar-refractivity contribution >= 4 is 5.69 Å². The Morgan fingerprint density at radius 3 is 3.00 bits per heavy atom. The van der Waals surface area contributed by atoms with Gasteiger partial charge in [-0.1, -0.05) is 0 Å². The predicted molar refractivity (Wildman–Crippen MR) is 60.4 cm³/mol. The standard InChI is InChI=1S/C12H16FNO2/c1-16-10-2-3-11(13)12(6-10)14-5-4-9(7-14)8-15/h2-3,6,9,15H,4-5,7-8H2,1H3. The minimum atomic E-state index is -0.237. The molecule has 0 amide bonds. The first kappa shape index (κ1) is 11.2. The van der Waals surface area contributed by atoms with Crippen LogP contribution in [0.3, 0.4) is 0 Å². The van der Waals surface area contributed by atoms with Crippen molar-refractivity contribution < 1.29 is 14.2 Å². The maximum atomic E-state index is 13.6. The van der Waals surface area contributed by atoms with Gasteiger partial charge in [-0.3, -0.25) is 0 Å². The summed E-state index contributed by atoms with van der Waals surface area (Å²) in [5, 5.41) is 9.06. The van der Waals surface area contributed by atoms with E-state index in [-0.39, 0.29) is 18.3 Å². The number of hydrogen-bond donors (Lipinski definition) is 1. The van der Waals surface area contributed by atoms with Crippen molar-refractivity contribution in [3.05, 3.63) is 24.0 Å². The Bertz CT molecular complexity index is 370. The maximum absolute atomic E-state index is 13.6. The molecule has 0 aliphatic carbocycles. The molecule has 0 aromatic heterocycles. The third-order valence-corrected chi connectivity index (χ3v) is 3.04. The van der Waals surface area contributed by atoms with Crippen LogP contribution in [0.5, 0.6) is 5.75 Å². The molecule has 1 N–H and O–H groups in total. The first-order valence-corrected chi connectivity index (χ1v) is 5.44. The van der Waals surface area contributed by atoms with Crippen LogP contribution in [-0.4, -0.2) is 31.9 Å².